The van der Waals surface area contributed by atoms with E-state index >= 15 is 0 Å². The average molecular weight is 261 g/mol. The number of aromatic nitrogens is 2. The van der Waals surface area contributed by atoms with Crippen LogP contribution in [0.1, 0.15) is 0 Å². The first kappa shape index (κ1) is 12.1. The molecule has 1 aliphatic rings. The third kappa shape index (κ3) is 1.89. The van der Waals surface area contributed by atoms with Crippen LogP contribution in [-0.2, 0) is 16.6 Å². The molecule has 100 valence electrons. The molecule has 1 fully saturated rings. The third-order valence-electron chi connectivity index (χ3n) is 3.52. The molecule has 0 atom stereocenters. The van der Waals surface area contributed by atoms with E-state index in [9.17, 15) is 9.90 Å². The van der Waals surface area contributed by atoms with E-state index < -0.39 is 5.41 Å². The van der Waals surface area contributed by atoms with Crippen molar-refractivity contribution >= 4 is 22.6 Å². The van der Waals surface area contributed by atoms with E-state index in [1.54, 1.807) is 6.33 Å². The Balaban J connectivity index is 1.83. The maximum atomic E-state index is 12.1. The highest BCUT2D eigenvalue weighted by atomic mass is 16.5. The van der Waals surface area contributed by atoms with Gasteiger partial charge in [0, 0.05) is 12.7 Å². The van der Waals surface area contributed by atoms with Gasteiger partial charge in [-0.2, -0.15) is 0 Å². The number of ether oxygens (including phenoxy) is 1. The molecular formula is C13H15N3O3. The maximum absolute atomic E-state index is 12.1. The van der Waals surface area contributed by atoms with Crippen LogP contribution in [0.25, 0.3) is 11.0 Å². The van der Waals surface area contributed by atoms with E-state index in [-0.39, 0.29) is 25.7 Å². The minimum absolute atomic E-state index is 0.204. The Morgan fingerprint density at radius 2 is 2.37 bits per heavy atom. The molecular weight excluding hydrogens is 246 g/mol. The van der Waals surface area contributed by atoms with Crippen LogP contribution < -0.4 is 5.32 Å². The number of carbonyl (C=O) groups is 1. The fourth-order valence-corrected chi connectivity index (χ4v) is 2.12. The predicted molar refractivity (Wildman–Crippen MR) is 69.7 cm³/mol. The van der Waals surface area contributed by atoms with E-state index in [0.717, 1.165) is 11.0 Å². The van der Waals surface area contributed by atoms with Gasteiger partial charge in [-0.05, 0) is 18.2 Å². The first-order valence-corrected chi connectivity index (χ1v) is 6.06. The van der Waals surface area contributed by atoms with Crippen LogP contribution in [0.2, 0.25) is 0 Å². The number of fused-ring (bicyclic) bond motifs is 1. The van der Waals surface area contributed by atoms with Gasteiger partial charge in [0.25, 0.3) is 0 Å². The van der Waals surface area contributed by atoms with Gasteiger partial charge in [-0.3, -0.25) is 4.79 Å². The number of aryl methyl sites for hydroxylation is 1. The minimum Gasteiger partial charge on any atom is -0.395 e. The molecule has 0 spiro atoms. The molecule has 6 heteroatoms. The molecule has 1 aromatic heterocycles. The quantitative estimate of drug-likeness (QED) is 0.844. The Morgan fingerprint density at radius 1 is 1.58 bits per heavy atom. The number of nitrogens with zero attached hydrogens (tertiary/aromatic N) is 2. The van der Waals surface area contributed by atoms with Gasteiger partial charge in [0.15, 0.2) is 0 Å². The number of aliphatic hydroxyl groups is 1. The lowest BCUT2D eigenvalue weighted by atomic mass is 9.86. The molecule has 19 heavy (non-hydrogen) atoms. The van der Waals surface area contributed by atoms with Gasteiger partial charge in [0.05, 0.1) is 37.2 Å². The Morgan fingerprint density at radius 3 is 3.00 bits per heavy atom. The first-order chi connectivity index (χ1) is 9.14. The summed E-state index contributed by atoms with van der Waals surface area (Å²) < 4.78 is 6.94. The van der Waals surface area contributed by atoms with Crippen molar-refractivity contribution in [3.05, 3.63) is 24.5 Å². The molecule has 6 nitrogen and oxygen atoms in total. The number of hydrogen-bond donors (Lipinski definition) is 2. The number of nitrogens with one attached hydrogen (secondary N) is 1. The first-order valence-electron chi connectivity index (χ1n) is 6.06. The van der Waals surface area contributed by atoms with E-state index in [1.165, 1.54) is 0 Å². The number of rotatable bonds is 3. The third-order valence-corrected chi connectivity index (χ3v) is 3.52. The zero-order valence-electron chi connectivity index (χ0n) is 10.6. The van der Waals surface area contributed by atoms with Crippen LogP contribution in [0.15, 0.2) is 24.5 Å². The fraction of sp³-hybridized carbons (Fsp3) is 0.385. The molecule has 2 heterocycles. The highest BCUT2D eigenvalue weighted by molar-refractivity contribution is 5.97. The average Bonchev–Trinajstić information content (AvgIpc) is 2.70. The van der Waals surface area contributed by atoms with Crippen molar-refractivity contribution < 1.29 is 14.6 Å². The fourth-order valence-electron chi connectivity index (χ4n) is 2.12. The molecule has 1 aromatic carbocycles. The second kappa shape index (κ2) is 4.32. The summed E-state index contributed by atoms with van der Waals surface area (Å²) in [6.07, 6.45) is 1.73. The van der Waals surface area contributed by atoms with Gasteiger partial charge >= 0.3 is 0 Å². The van der Waals surface area contributed by atoms with Gasteiger partial charge < -0.3 is 19.7 Å². The van der Waals surface area contributed by atoms with Crippen LogP contribution in [0, 0.1) is 5.41 Å². The molecule has 1 amide bonds. The lowest BCUT2D eigenvalue weighted by molar-refractivity contribution is -0.164. The molecule has 0 aliphatic carbocycles. The van der Waals surface area contributed by atoms with Crippen LogP contribution in [-0.4, -0.2) is 40.4 Å². The Kier molecular flexibility index (Phi) is 2.76. The number of carbonyl (C=O) groups excluding carboxylic acids is 1. The van der Waals surface area contributed by atoms with Crippen molar-refractivity contribution in [2.24, 2.45) is 12.5 Å². The van der Waals surface area contributed by atoms with Crippen molar-refractivity contribution in [1.82, 2.24) is 9.55 Å². The molecule has 0 bridgehead atoms. The summed E-state index contributed by atoms with van der Waals surface area (Å²) >= 11 is 0. The minimum atomic E-state index is -0.793. The summed E-state index contributed by atoms with van der Waals surface area (Å²) in [7, 11) is 1.92. The van der Waals surface area contributed by atoms with Gasteiger partial charge in [0.1, 0.15) is 5.41 Å². The number of hydrogen-bond acceptors (Lipinski definition) is 4. The summed E-state index contributed by atoms with van der Waals surface area (Å²) in [6, 6.07) is 5.55. The van der Waals surface area contributed by atoms with Gasteiger partial charge in [0.2, 0.25) is 5.91 Å². The van der Waals surface area contributed by atoms with E-state index in [4.69, 9.17) is 4.74 Å². The molecule has 0 saturated carbocycles. The zero-order chi connectivity index (χ0) is 13.5. The largest absolute Gasteiger partial charge is 0.395 e. The Hall–Kier alpha value is -1.92. The summed E-state index contributed by atoms with van der Waals surface area (Å²) in [5.74, 6) is -0.212. The van der Waals surface area contributed by atoms with Gasteiger partial charge in [-0.25, -0.2) is 4.98 Å². The zero-order valence-corrected chi connectivity index (χ0v) is 10.6. The standard InChI is InChI=1S/C13H15N3O3/c1-16-8-14-10-4-9(2-3-11(10)16)15-12(18)13(5-17)6-19-7-13/h2-4,8,17H,5-7H2,1H3,(H,15,18). The predicted octanol–water partition coefficient (Wildman–Crippen LogP) is 0.521. The van der Waals surface area contributed by atoms with E-state index in [2.05, 4.69) is 10.3 Å². The second-order valence-electron chi connectivity index (χ2n) is 4.94. The molecule has 1 saturated heterocycles. The molecule has 1 aliphatic heterocycles. The molecule has 0 unspecified atom stereocenters. The summed E-state index contributed by atoms with van der Waals surface area (Å²) in [4.78, 5) is 16.4. The van der Waals surface area contributed by atoms with Crippen molar-refractivity contribution in [1.29, 1.82) is 0 Å². The maximum Gasteiger partial charge on any atom is 0.237 e. The lowest BCUT2D eigenvalue weighted by Crippen LogP contribution is -2.54. The molecule has 3 rings (SSSR count). The van der Waals surface area contributed by atoms with Crippen LogP contribution in [0.4, 0.5) is 5.69 Å². The van der Waals surface area contributed by atoms with E-state index in [1.807, 2.05) is 29.8 Å². The highest BCUT2D eigenvalue weighted by Gasteiger charge is 2.45. The van der Waals surface area contributed by atoms with Crippen molar-refractivity contribution in [3.8, 4) is 0 Å². The number of aliphatic hydroxyl groups excluding tert-OH is 1. The van der Waals surface area contributed by atoms with Gasteiger partial charge in [-0.15, -0.1) is 0 Å². The summed E-state index contributed by atoms with van der Waals surface area (Å²) in [6.45, 7) is 0.326. The normalized spacial score (nSPS) is 17.2. The molecule has 0 radical (unpaired) electrons. The topological polar surface area (TPSA) is 76.4 Å². The molecule has 2 aromatic rings. The smallest absolute Gasteiger partial charge is 0.237 e. The summed E-state index contributed by atoms with van der Waals surface area (Å²) in [5, 5.41) is 12.1. The highest BCUT2D eigenvalue weighted by Crippen LogP contribution is 2.29. The number of benzene rings is 1. The SMILES string of the molecule is Cn1cnc2cc(NC(=O)C3(CO)COC3)ccc21. The number of imidazole rings is 1. The second-order valence-corrected chi connectivity index (χ2v) is 4.94. The van der Waals surface area contributed by atoms with Crippen LogP contribution in [0.3, 0.4) is 0 Å². The van der Waals surface area contributed by atoms with Crippen LogP contribution in [0.5, 0.6) is 0 Å². The summed E-state index contributed by atoms with van der Waals surface area (Å²) in [5.41, 5.74) is 1.71. The van der Waals surface area contributed by atoms with E-state index in [0.29, 0.717) is 5.69 Å². The number of amides is 1. The number of anilines is 1. The van der Waals surface area contributed by atoms with Crippen LogP contribution >= 0.6 is 0 Å². The van der Waals surface area contributed by atoms with Gasteiger partial charge in [-0.1, -0.05) is 0 Å². The monoisotopic (exact) mass is 261 g/mol. The Bertz CT molecular complexity index is 626. The van der Waals surface area contributed by atoms with Crippen molar-refractivity contribution in [3.63, 3.8) is 0 Å². The van der Waals surface area contributed by atoms with Crippen molar-refractivity contribution in [2.75, 3.05) is 25.1 Å². The lowest BCUT2D eigenvalue weighted by Gasteiger charge is -2.37. The Labute approximate surface area is 110 Å². The molecule has 2 N–H and O–H groups in total. The van der Waals surface area contributed by atoms with Crippen molar-refractivity contribution in [2.45, 2.75) is 0 Å².